The van der Waals surface area contributed by atoms with Crippen LogP contribution < -0.4 is 4.31 Å². The SMILES string of the molecule is CN(c1cccnc1)S(=O)(=O)c1cc([N+](=O)[O-])ccc1Cl. The lowest BCUT2D eigenvalue weighted by Crippen LogP contribution is -2.27. The predicted molar refractivity (Wildman–Crippen MR) is 77.9 cm³/mol. The Morgan fingerprint density at radius 3 is 2.62 bits per heavy atom. The summed E-state index contributed by atoms with van der Waals surface area (Å²) in [4.78, 5) is 13.6. The van der Waals surface area contributed by atoms with Crippen LogP contribution in [0.15, 0.2) is 47.6 Å². The molecule has 0 aliphatic carbocycles. The van der Waals surface area contributed by atoms with Crippen molar-refractivity contribution in [2.75, 3.05) is 11.4 Å². The Kier molecular flexibility index (Phi) is 4.10. The van der Waals surface area contributed by atoms with E-state index < -0.39 is 14.9 Å². The van der Waals surface area contributed by atoms with Gasteiger partial charge in [-0.2, -0.15) is 0 Å². The smallest absolute Gasteiger partial charge is 0.268 e. The van der Waals surface area contributed by atoms with Crippen LogP contribution in [0.4, 0.5) is 11.4 Å². The Balaban J connectivity index is 2.54. The summed E-state index contributed by atoms with van der Waals surface area (Å²) in [6.07, 6.45) is 2.87. The largest absolute Gasteiger partial charge is 0.270 e. The number of nitro benzene ring substituents is 1. The lowest BCUT2D eigenvalue weighted by Gasteiger charge is -2.19. The van der Waals surface area contributed by atoms with Crippen molar-refractivity contribution >= 4 is 33.0 Å². The molecule has 0 bridgehead atoms. The summed E-state index contributed by atoms with van der Waals surface area (Å²) in [6, 6.07) is 6.39. The Morgan fingerprint density at radius 2 is 2.05 bits per heavy atom. The monoisotopic (exact) mass is 327 g/mol. The molecular formula is C12H10ClN3O4S. The van der Waals surface area contributed by atoms with Crippen LogP contribution in [0.25, 0.3) is 0 Å². The van der Waals surface area contributed by atoms with Gasteiger partial charge in [-0.1, -0.05) is 11.6 Å². The molecule has 0 unspecified atom stereocenters. The molecule has 0 atom stereocenters. The molecule has 0 amide bonds. The lowest BCUT2D eigenvalue weighted by molar-refractivity contribution is -0.385. The number of nitro groups is 1. The topological polar surface area (TPSA) is 93.4 Å². The molecule has 7 nitrogen and oxygen atoms in total. The lowest BCUT2D eigenvalue weighted by atomic mass is 10.3. The maximum Gasteiger partial charge on any atom is 0.270 e. The van der Waals surface area contributed by atoms with Crippen molar-refractivity contribution in [3.05, 3.63) is 57.9 Å². The van der Waals surface area contributed by atoms with Crippen LogP contribution in [0, 0.1) is 10.1 Å². The van der Waals surface area contributed by atoms with Gasteiger partial charge in [-0.05, 0) is 18.2 Å². The second-order valence-electron chi connectivity index (χ2n) is 4.06. The van der Waals surface area contributed by atoms with E-state index in [-0.39, 0.29) is 15.6 Å². The molecule has 0 saturated heterocycles. The number of halogens is 1. The molecular weight excluding hydrogens is 318 g/mol. The average Bonchev–Trinajstić information content (AvgIpc) is 2.47. The van der Waals surface area contributed by atoms with Crippen molar-refractivity contribution in [3.63, 3.8) is 0 Å². The molecule has 1 heterocycles. The molecule has 9 heteroatoms. The molecule has 2 aromatic rings. The number of nitrogens with zero attached hydrogens (tertiary/aromatic N) is 3. The third kappa shape index (κ3) is 2.96. The van der Waals surface area contributed by atoms with E-state index in [1.807, 2.05) is 0 Å². The van der Waals surface area contributed by atoms with Crippen LogP contribution in [0.1, 0.15) is 0 Å². The molecule has 0 fully saturated rings. The minimum Gasteiger partial charge on any atom is -0.268 e. The fourth-order valence-electron chi connectivity index (χ4n) is 1.63. The normalized spacial score (nSPS) is 11.1. The molecule has 0 N–H and O–H groups in total. The van der Waals surface area contributed by atoms with E-state index in [4.69, 9.17) is 11.6 Å². The van der Waals surface area contributed by atoms with E-state index in [9.17, 15) is 18.5 Å². The van der Waals surface area contributed by atoms with Gasteiger partial charge in [0, 0.05) is 25.4 Å². The summed E-state index contributed by atoms with van der Waals surface area (Å²) in [7, 11) is -2.70. The minimum absolute atomic E-state index is 0.0867. The molecule has 21 heavy (non-hydrogen) atoms. The molecule has 2 rings (SSSR count). The van der Waals surface area contributed by atoms with Crippen molar-refractivity contribution in [3.8, 4) is 0 Å². The van der Waals surface area contributed by atoms with Crippen molar-refractivity contribution in [1.29, 1.82) is 0 Å². The number of benzene rings is 1. The zero-order chi connectivity index (χ0) is 15.6. The van der Waals surface area contributed by atoms with Gasteiger partial charge in [0.25, 0.3) is 15.7 Å². The highest BCUT2D eigenvalue weighted by molar-refractivity contribution is 7.93. The highest BCUT2D eigenvalue weighted by atomic mass is 35.5. The van der Waals surface area contributed by atoms with Gasteiger partial charge in [0.2, 0.25) is 0 Å². The Hall–Kier alpha value is -2.19. The van der Waals surface area contributed by atoms with E-state index in [0.717, 1.165) is 16.4 Å². The van der Waals surface area contributed by atoms with E-state index in [2.05, 4.69) is 4.98 Å². The van der Waals surface area contributed by atoms with Crippen molar-refractivity contribution < 1.29 is 13.3 Å². The number of non-ortho nitro benzene ring substituents is 1. The average molecular weight is 328 g/mol. The molecule has 0 radical (unpaired) electrons. The molecule has 1 aromatic heterocycles. The van der Waals surface area contributed by atoms with Gasteiger partial charge in [0.15, 0.2) is 0 Å². The molecule has 0 spiro atoms. The third-order valence-electron chi connectivity index (χ3n) is 2.77. The summed E-state index contributed by atoms with van der Waals surface area (Å²) in [5, 5.41) is 10.7. The molecule has 110 valence electrons. The fraction of sp³-hybridized carbons (Fsp3) is 0.0833. The van der Waals surface area contributed by atoms with Crippen LogP contribution in [0.5, 0.6) is 0 Å². The second kappa shape index (κ2) is 5.66. The van der Waals surface area contributed by atoms with Crippen LogP contribution >= 0.6 is 11.6 Å². The van der Waals surface area contributed by atoms with Gasteiger partial charge in [-0.15, -0.1) is 0 Å². The minimum atomic E-state index is -4.02. The summed E-state index contributed by atoms with van der Waals surface area (Å²) in [5.41, 5.74) is -0.0300. The van der Waals surface area contributed by atoms with Crippen LogP contribution in [0.3, 0.4) is 0 Å². The number of anilines is 1. The van der Waals surface area contributed by atoms with Crippen molar-refractivity contribution in [1.82, 2.24) is 4.98 Å². The van der Waals surface area contributed by atoms with Gasteiger partial charge in [0.05, 0.1) is 21.8 Å². The van der Waals surface area contributed by atoms with Crippen LogP contribution in [0.2, 0.25) is 5.02 Å². The number of hydrogen-bond donors (Lipinski definition) is 0. The number of pyridine rings is 1. The Bertz CT molecular complexity index is 780. The van der Waals surface area contributed by atoms with Gasteiger partial charge in [-0.3, -0.25) is 19.4 Å². The van der Waals surface area contributed by atoms with E-state index in [0.29, 0.717) is 5.69 Å². The first-order valence-corrected chi connectivity index (χ1v) is 7.49. The summed E-state index contributed by atoms with van der Waals surface area (Å²) in [5.74, 6) is 0. The number of rotatable bonds is 4. The Labute approximate surface area is 126 Å². The summed E-state index contributed by atoms with van der Waals surface area (Å²) in [6.45, 7) is 0. The quantitative estimate of drug-likeness (QED) is 0.635. The Morgan fingerprint density at radius 1 is 1.33 bits per heavy atom. The third-order valence-corrected chi connectivity index (χ3v) is 5.04. The summed E-state index contributed by atoms with van der Waals surface area (Å²) < 4.78 is 26.0. The molecule has 0 saturated carbocycles. The van der Waals surface area contributed by atoms with Gasteiger partial charge in [-0.25, -0.2) is 8.42 Å². The predicted octanol–water partition coefficient (Wildman–Crippen LogP) is 2.47. The highest BCUT2D eigenvalue weighted by Crippen LogP contribution is 2.30. The molecule has 0 aliphatic rings. The first kappa shape index (κ1) is 15.2. The van der Waals surface area contributed by atoms with E-state index >= 15 is 0 Å². The number of sulfonamides is 1. The zero-order valence-electron chi connectivity index (χ0n) is 10.8. The summed E-state index contributed by atoms with van der Waals surface area (Å²) >= 11 is 5.87. The maximum atomic E-state index is 12.5. The first-order chi connectivity index (χ1) is 9.84. The maximum absolute atomic E-state index is 12.5. The standard InChI is InChI=1S/C12H10ClN3O4S/c1-15(10-3-2-6-14-8-10)21(19,20)12-7-9(16(17)18)4-5-11(12)13/h2-8H,1H3. The van der Waals surface area contributed by atoms with Crippen molar-refractivity contribution in [2.24, 2.45) is 0 Å². The molecule has 0 aliphatic heterocycles. The van der Waals surface area contributed by atoms with Gasteiger partial charge in [0.1, 0.15) is 4.90 Å². The van der Waals surface area contributed by atoms with Crippen LogP contribution in [-0.2, 0) is 10.0 Å². The van der Waals surface area contributed by atoms with E-state index in [1.54, 1.807) is 12.1 Å². The van der Waals surface area contributed by atoms with Gasteiger partial charge < -0.3 is 0 Å². The van der Waals surface area contributed by atoms with Crippen LogP contribution in [-0.4, -0.2) is 25.4 Å². The highest BCUT2D eigenvalue weighted by Gasteiger charge is 2.26. The first-order valence-electron chi connectivity index (χ1n) is 5.67. The van der Waals surface area contributed by atoms with Gasteiger partial charge >= 0.3 is 0 Å². The fourth-order valence-corrected chi connectivity index (χ4v) is 3.30. The second-order valence-corrected chi connectivity index (χ2v) is 6.40. The molecule has 1 aromatic carbocycles. The zero-order valence-corrected chi connectivity index (χ0v) is 12.4. The number of hydrogen-bond acceptors (Lipinski definition) is 5. The van der Waals surface area contributed by atoms with E-state index in [1.165, 1.54) is 25.5 Å². The number of aromatic nitrogens is 1. The van der Waals surface area contributed by atoms with Crippen molar-refractivity contribution in [2.45, 2.75) is 4.90 Å².